The van der Waals surface area contributed by atoms with E-state index in [2.05, 4.69) is 10.6 Å². The third-order valence-corrected chi connectivity index (χ3v) is 2.15. The fourth-order valence-corrected chi connectivity index (χ4v) is 1.45. The highest BCUT2D eigenvalue weighted by molar-refractivity contribution is 5.87. The summed E-state index contributed by atoms with van der Waals surface area (Å²) in [5, 5.41) is 6.22. The molecule has 0 aromatic carbocycles. The van der Waals surface area contributed by atoms with Gasteiger partial charge < -0.3 is 10.6 Å². The summed E-state index contributed by atoms with van der Waals surface area (Å²) in [7, 11) is 0. The molecule has 1 atom stereocenters. The average molecular weight is 219 g/mol. The summed E-state index contributed by atoms with van der Waals surface area (Å²) < 4.78 is 0. The van der Waals surface area contributed by atoms with Crippen LogP contribution in [0.3, 0.4) is 0 Å². The summed E-state index contributed by atoms with van der Waals surface area (Å²) in [4.78, 5) is 11.2. The smallest absolute Gasteiger partial charge is 0.243 e. The number of amides is 1. The van der Waals surface area contributed by atoms with Crippen LogP contribution in [0.4, 0.5) is 0 Å². The van der Waals surface area contributed by atoms with Crippen molar-refractivity contribution in [1.29, 1.82) is 0 Å². The Bertz CT molecular complexity index is 189. The van der Waals surface area contributed by atoms with E-state index in [4.69, 9.17) is 0 Å². The molecule has 1 aliphatic rings. The van der Waals surface area contributed by atoms with E-state index in [0.717, 1.165) is 32.4 Å². The molecule has 1 heterocycles. The van der Waals surface area contributed by atoms with Crippen LogP contribution in [0.5, 0.6) is 0 Å². The van der Waals surface area contributed by atoms with Gasteiger partial charge in [-0.3, -0.25) is 4.79 Å². The Morgan fingerprint density at radius 2 is 2.43 bits per heavy atom. The predicted molar refractivity (Wildman–Crippen MR) is 60.7 cm³/mol. The molecule has 1 amide bonds. The molecule has 1 saturated heterocycles. The molecule has 1 fully saturated rings. The van der Waals surface area contributed by atoms with Crippen molar-refractivity contribution in [2.24, 2.45) is 0 Å². The summed E-state index contributed by atoms with van der Waals surface area (Å²) in [6, 6.07) is 0.322. The Morgan fingerprint density at radius 3 is 3.00 bits per heavy atom. The van der Waals surface area contributed by atoms with Gasteiger partial charge in [0.05, 0.1) is 0 Å². The first-order valence-corrected chi connectivity index (χ1v) is 5.00. The van der Waals surface area contributed by atoms with Crippen molar-refractivity contribution in [3.63, 3.8) is 0 Å². The lowest BCUT2D eigenvalue weighted by molar-refractivity contribution is -0.117. The molecule has 82 valence electrons. The SMILES string of the molecule is CC/C=C/C(=O)N[C@H]1CCCNC1.Cl. The van der Waals surface area contributed by atoms with Gasteiger partial charge in [-0.25, -0.2) is 0 Å². The van der Waals surface area contributed by atoms with Crippen LogP contribution in [0.1, 0.15) is 26.2 Å². The highest BCUT2D eigenvalue weighted by atomic mass is 35.5. The lowest BCUT2D eigenvalue weighted by Crippen LogP contribution is -2.45. The minimum atomic E-state index is 0. The molecule has 0 saturated carbocycles. The maximum Gasteiger partial charge on any atom is 0.243 e. The number of nitrogens with one attached hydrogen (secondary N) is 2. The second kappa shape index (κ2) is 7.83. The standard InChI is InChI=1S/C10H18N2O.ClH/c1-2-3-6-10(13)12-9-5-4-7-11-8-9;/h3,6,9,11H,2,4-5,7-8H2,1H3,(H,12,13);1H/b6-3+;/t9-;/m0./s1. The predicted octanol–water partition coefficient (Wildman–Crippen LogP) is 1.24. The first-order chi connectivity index (χ1) is 6.33. The Kier molecular flexibility index (Phi) is 7.52. The van der Waals surface area contributed by atoms with Gasteiger partial charge in [-0.2, -0.15) is 0 Å². The monoisotopic (exact) mass is 218 g/mol. The van der Waals surface area contributed by atoms with Gasteiger partial charge in [-0.1, -0.05) is 13.0 Å². The zero-order valence-electron chi connectivity index (χ0n) is 8.58. The van der Waals surface area contributed by atoms with E-state index in [-0.39, 0.29) is 18.3 Å². The van der Waals surface area contributed by atoms with Crippen molar-refractivity contribution in [2.75, 3.05) is 13.1 Å². The van der Waals surface area contributed by atoms with Gasteiger partial charge in [0, 0.05) is 12.6 Å². The minimum absolute atomic E-state index is 0. The Hall–Kier alpha value is -0.540. The van der Waals surface area contributed by atoms with Crippen molar-refractivity contribution in [1.82, 2.24) is 10.6 Å². The lowest BCUT2D eigenvalue weighted by Gasteiger charge is -2.23. The molecular formula is C10H19ClN2O. The quantitative estimate of drug-likeness (QED) is 0.700. The number of hydrogen-bond acceptors (Lipinski definition) is 2. The molecule has 0 spiro atoms. The molecule has 0 unspecified atom stereocenters. The van der Waals surface area contributed by atoms with E-state index < -0.39 is 0 Å². The summed E-state index contributed by atoms with van der Waals surface area (Å²) in [5.41, 5.74) is 0. The topological polar surface area (TPSA) is 41.1 Å². The number of carbonyl (C=O) groups is 1. The highest BCUT2D eigenvalue weighted by Gasteiger charge is 2.13. The van der Waals surface area contributed by atoms with Crippen LogP contribution in [-0.4, -0.2) is 25.0 Å². The van der Waals surface area contributed by atoms with E-state index in [1.165, 1.54) is 0 Å². The number of allylic oxidation sites excluding steroid dienone is 1. The van der Waals surface area contributed by atoms with Crippen LogP contribution in [-0.2, 0) is 4.79 Å². The fraction of sp³-hybridized carbons (Fsp3) is 0.700. The third kappa shape index (κ3) is 5.25. The maximum atomic E-state index is 11.2. The number of carbonyl (C=O) groups excluding carboxylic acids is 1. The van der Waals surface area contributed by atoms with E-state index in [0.29, 0.717) is 6.04 Å². The molecule has 14 heavy (non-hydrogen) atoms. The molecule has 0 aromatic rings. The first-order valence-electron chi connectivity index (χ1n) is 5.00. The number of halogens is 1. The van der Waals surface area contributed by atoms with Crippen LogP contribution >= 0.6 is 12.4 Å². The van der Waals surface area contributed by atoms with Gasteiger partial charge in [0.15, 0.2) is 0 Å². The van der Waals surface area contributed by atoms with Gasteiger partial charge in [0.25, 0.3) is 0 Å². The summed E-state index contributed by atoms with van der Waals surface area (Å²) in [5.74, 6) is 0.0375. The van der Waals surface area contributed by atoms with Crippen LogP contribution in [0.2, 0.25) is 0 Å². The van der Waals surface area contributed by atoms with Crippen molar-refractivity contribution in [2.45, 2.75) is 32.2 Å². The van der Waals surface area contributed by atoms with Crippen LogP contribution < -0.4 is 10.6 Å². The zero-order chi connectivity index (χ0) is 9.52. The molecular weight excluding hydrogens is 200 g/mol. The Balaban J connectivity index is 0.00000169. The van der Waals surface area contributed by atoms with Crippen molar-refractivity contribution in [3.05, 3.63) is 12.2 Å². The van der Waals surface area contributed by atoms with Gasteiger partial charge >= 0.3 is 0 Å². The molecule has 0 aromatic heterocycles. The largest absolute Gasteiger partial charge is 0.349 e. The molecule has 0 bridgehead atoms. The maximum absolute atomic E-state index is 11.2. The molecule has 2 N–H and O–H groups in total. The van der Waals surface area contributed by atoms with E-state index in [9.17, 15) is 4.79 Å². The van der Waals surface area contributed by atoms with Gasteiger partial charge in [0.2, 0.25) is 5.91 Å². The van der Waals surface area contributed by atoms with Gasteiger partial charge in [-0.05, 0) is 31.9 Å². The highest BCUT2D eigenvalue weighted by Crippen LogP contribution is 2.00. The van der Waals surface area contributed by atoms with Crippen molar-refractivity contribution in [3.8, 4) is 0 Å². The molecule has 0 radical (unpaired) electrons. The fourth-order valence-electron chi connectivity index (χ4n) is 1.45. The summed E-state index contributed by atoms with van der Waals surface area (Å²) in [6.07, 6.45) is 6.66. The second-order valence-electron chi connectivity index (χ2n) is 3.36. The molecule has 1 rings (SSSR count). The van der Waals surface area contributed by atoms with Gasteiger partial charge in [-0.15, -0.1) is 12.4 Å². The molecule has 3 nitrogen and oxygen atoms in total. The Labute approximate surface area is 91.7 Å². The van der Waals surface area contributed by atoms with Crippen LogP contribution in [0, 0.1) is 0 Å². The van der Waals surface area contributed by atoms with Crippen molar-refractivity contribution < 1.29 is 4.79 Å². The number of hydrogen-bond donors (Lipinski definition) is 2. The van der Waals surface area contributed by atoms with Crippen LogP contribution in [0.25, 0.3) is 0 Å². The minimum Gasteiger partial charge on any atom is -0.349 e. The molecule has 0 aliphatic carbocycles. The van der Waals surface area contributed by atoms with Crippen molar-refractivity contribution >= 4 is 18.3 Å². The Morgan fingerprint density at radius 1 is 1.64 bits per heavy atom. The van der Waals surface area contributed by atoms with Gasteiger partial charge in [0.1, 0.15) is 0 Å². The van der Waals surface area contributed by atoms with E-state index >= 15 is 0 Å². The third-order valence-electron chi connectivity index (χ3n) is 2.15. The number of rotatable bonds is 3. The summed E-state index contributed by atoms with van der Waals surface area (Å²) in [6.45, 7) is 4.01. The lowest BCUT2D eigenvalue weighted by atomic mass is 10.1. The normalized spacial score (nSPS) is 21.6. The zero-order valence-corrected chi connectivity index (χ0v) is 9.40. The first kappa shape index (κ1) is 13.5. The molecule has 4 heteroatoms. The van der Waals surface area contributed by atoms with E-state index in [1.54, 1.807) is 6.08 Å². The average Bonchev–Trinajstić information content (AvgIpc) is 2.16. The second-order valence-corrected chi connectivity index (χ2v) is 3.36. The summed E-state index contributed by atoms with van der Waals surface area (Å²) >= 11 is 0. The number of piperidine rings is 1. The molecule has 1 aliphatic heterocycles. The van der Waals surface area contributed by atoms with Crippen LogP contribution in [0.15, 0.2) is 12.2 Å². The van der Waals surface area contributed by atoms with E-state index in [1.807, 2.05) is 13.0 Å².